The number of hydrogen-bond acceptors (Lipinski definition) is 1. The van der Waals surface area contributed by atoms with Crippen LogP contribution in [-0.2, 0) is 4.79 Å². The highest BCUT2D eigenvalue weighted by Crippen LogP contribution is 2.23. The quantitative estimate of drug-likeness (QED) is 0.511. The van der Waals surface area contributed by atoms with Crippen LogP contribution in [0.1, 0.15) is 34.6 Å². The fourth-order valence-corrected chi connectivity index (χ4v) is 0.521. The van der Waals surface area contributed by atoms with Crippen molar-refractivity contribution in [3.8, 4) is 0 Å². The summed E-state index contributed by atoms with van der Waals surface area (Å²) in [6.45, 7) is 9.86. The van der Waals surface area contributed by atoms with Crippen LogP contribution in [0.15, 0.2) is 11.6 Å². The summed E-state index contributed by atoms with van der Waals surface area (Å²) in [6.07, 6.45) is 1.69. The molecule has 0 aromatic rings. The third kappa shape index (κ3) is 3.44. The highest BCUT2D eigenvalue weighted by Gasteiger charge is 2.12. The maximum absolute atomic E-state index is 10.6. The fourth-order valence-electron chi connectivity index (χ4n) is 0.521. The second kappa shape index (κ2) is 3.00. The maximum atomic E-state index is 10.6. The number of rotatable bonds is 1. The molecule has 0 rings (SSSR count). The first-order chi connectivity index (χ1) is 4.34. The Hall–Kier alpha value is -0.590. The molecular weight excluding hydrogens is 124 g/mol. The largest absolute Gasteiger partial charge is 0.295 e. The molecule has 0 bridgehead atoms. The van der Waals surface area contributed by atoms with Crippen molar-refractivity contribution in [2.45, 2.75) is 34.6 Å². The predicted octanol–water partition coefficient (Wildman–Crippen LogP) is 2.57. The first-order valence-electron chi connectivity index (χ1n) is 3.53. The third-order valence-electron chi connectivity index (χ3n) is 1.60. The van der Waals surface area contributed by atoms with Crippen LogP contribution in [0.2, 0.25) is 0 Å². The van der Waals surface area contributed by atoms with Crippen LogP contribution in [0.3, 0.4) is 0 Å². The van der Waals surface area contributed by atoms with Crippen molar-refractivity contribution in [1.29, 1.82) is 0 Å². The first kappa shape index (κ1) is 9.41. The molecule has 0 N–H and O–H groups in total. The number of hydrogen-bond donors (Lipinski definition) is 0. The van der Waals surface area contributed by atoms with Gasteiger partial charge >= 0.3 is 0 Å². The van der Waals surface area contributed by atoms with E-state index in [0.717, 1.165) is 5.57 Å². The van der Waals surface area contributed by atoms with Crippen LogP contribution < -0.4 is 0 Å². The third-order valence-corrected chi connectivity index (χ3v) is 1.60. The second-order valence-corrected chi connectivity index (χ2v) is 3.69. The van der Waals surface area contributed by atoms with Crippen LogP contribution in [0, 0.1) is 5.41 Å². The van der Waals surface area contributed by atoms with Gasteiger partial charge in [0.05, 0.1) is 0 Å². The maximum Gasteiger partial charge on any atom is 0.152 e. The van der Waals surface area contributed by atoms with Gasteiger partial charge in [0, 0.05) is 0 Å². The minimum Gasteiger partial charge on any atom is -0.295 e. The van der Waals surface area contributed by atoms with E-state index in [2.05, 4.69) is 20.8 Å². The van der Waals surface area contributed by atoms with Crippen LogP contribution in [-0.4, -0.2) is 5.78 Å². The molecule has 0 amide bonds. The van der Waals surface area contributed by atoms with Gasteiger partial charge in [-0.2, -0.15) is 0 Å². The van der Waals surface area contributed by atoms with E-state index in [4.69, 9.17) is 0 Å². The Morgan fingerprint density at radius 1 is 1.20 bits per heavy atom. The van der Waals surface area contributed by atoms with Crippen molar-refractivity contribution >= 4 is 5.78 Å². The zero-order chi connectivity index (χ0) is 8.36. The van der Waals surface area contributed by atoms with E-state index in [9.17, 15) is 4.79 Å². The lowest BCUT2D eigenvalue weighted by Gasteiger charge is -2.18. The van der Waals surface area contributed by atoms with Gasteiger partial charge in [0.25, 0.3) is 0 Å². The molecule has 0 saturated heterocycles. The molecule has 1 heteroatoms. The molecular formula is C9H16O. The summed E-state index contributed by atoms with van der Waals surface area (Å²) in [6, 6.07) is 0. The van der Waals surface area contributed by atoms with E-state index in [0.29, 0.717) is 0 Å². The highest BCUT2D eigenvalue weighted by atomic mass is 16.1. The van der Waals surface area contributed by atoms with Gasteiger partial charge in [0.1, 0.15) is 0 Å². The van der Waals surface area contributed by atoms with Crippen LogP contribution in [0.25, 0.3) is 0 Å². The number of carbonyl (C=O) groups is 1. The second-order valence-electron chi connectivity index (χ2n) is 3.69. The molecule has 0 unspecified atom stereocenters. The molecule has 0 aromatic heterocycles. The smallest absolute Gasteiger partial charge is 0.152 e. The number of allylic oxidation sites excluding steroid dienone is 2. The molecule has 0 atom stereocenters. The topological polar surface area (TPSA) is 17.1 Å². The van der Waals surface area contributed by atoms with E-state index in [1.807, 2.05) is 6.92 Å². The van der Waals surface area contributed by atoms with E-state index in [-0.39, 0.29) is 11.2 Å². The van der Waals surface area contributed by atoms with E-state index >= 15 is 0 Å². The van der Waals surface area contributed by atoms with E-state index < -0.39 is 0 Å². The summed E-state index contributed by atoms with van der Waals surface area (Å²) in [5.74, 6) is 0.132. The minimum absolute atomic E-state index is 0.131. The monoisotopic (exact) mass is 140 g/mol. The van der Waals surface area contributed by atoms with Crippen molar-refractivity contribution in [3.05, 3.63) is 11.6 Å². The summed E-state index contributed by atoms with van der Waals surface area (Å²) in [7, 11) is 0. The molecule has 0 spiro atoms. The molecule has 1 nitrogen and oxygen atoms in total. The fraction of sp³-hybridized carbons (Fsp3) is 0.667. The van der Waals surface area contributed by atoms with Gasteiger partial charge in [-0.1, -0.05) is 26.3 Å². The average Bonchev–Trinajstić information content (AvgIpc) is 1.60. The van der Waals surface area contributed by atoms with Crippen molar-refractivity contribution in [2.24, 2.45) is 5.41 Å². The first-order valence-corrected chi connectivity index (χ1v) is 3.53. The van der Waals surface area contributed by atoms with Crippen LogP contribution in [0.4, 0.5) is 0 Å². The van der Waals surface area contributed by atoms with Gasteiger partial charge in [-0.3, -0.25) is 4.79 Å². The Morgan fingerprint density at radius 2 is 1.60 bits per heavy atom. The Labute approximate surface area is 63.1 Å². The van der Waals surface area contributed by atoms with Gasteiger partial charge in [-0.05, 0) is 25.3 Å². The van der Waals surface area contributed by atoms with Crippen molar-refractivity contribution in [2.75, 3.05) is 0 Å². The molecule has 0 aliphatic rings. The number of ketones is 1. The molecule has 0 saturated carbocycles. The molecule has 0 aromatic carbocycles. The summed E-state index contributed by atoms with van der Waals surface area (Å²) in [5, 5.41) is 0. The van der Waals surface area contributed by atoms with Gasteiger partial charge < -0.3 is 0 Å². The molecule has 10 heavy (non-hydrogen) atoms. The zero-order valence-corrected chi connectivity index (χ0v) is 7.49. The zero-order valence-electron chi connectivity index (χ0n) is 7.49. The lowest BCUT2D eigenvalue weighted by molar-refractivity contribution is -0.112. The molecule has 0 heterocycles. The molecule has 0 aliphatic carbocycles. The van der Waals surface area contributed by atoms with Crippen molar-refractivity contribution in [1.82, 2.24) is 0 Å². The standard InChI is InChI=1S/C9H16O/c1-7(6-8(2)10)9(3,4)5/h6H,1-5H3. The molecule has 0 radical (unpaired) electrons. The SMILES string of the molecule is CC(=O)C=C(C)C(C)(C)C. The summed E-state index contributed by atoms with van der Waals surface area (Å²) in [4.78, 5) is 10.6. The van der Waals surface area contributed by atoms with Gasteiger partial charge in [0.2, 0.25) is 0 Å². The van der Waals surface area contributed by atoms with Crippen LogP contribution in [0.5, 0.6) is 0 Å². The number of carbonyl (C=O) groups excluding carboxylic acids is 1. The Balaban J connectivity index is 4.35. The Bertz CT molecular complexity index is 158. The summed E-state index contributed by atoms with van der Waals surface area (Å²) >= 11 is 0. The molecule has 0 fully saturated rings. The summed E-state index contributed by atoms with van der Waals surface area (Å²) < 4.78 is 0. The molecule has 0 aliphatic heterocycles. The van der Waals surface area contributed by atoms with Gasteiger partial charge in [-0.15, -0.1) is 0 Å². The highest BCUT2D eigenvalue weighted by molar-refractivity contribution is 5.88. The van der Waals surface area contributed by atoms with E-state index in [1.54, 1.807) is 13.0 Å². The van der Waals surface area contributed by atoms with Gasteiger partial charge in [-0.25, -0.2) is 0 Å². The lowest BCUT2D eigenvalue weighted by Crippen LogP contribution is -2.07. The predicted molar refractivity (Wildman–Crippen MR) is 43.9 cm³/mol. The van der Waals surface area contributed by atoms with Gasteiger partial charge in [0.15, 0.2) is 5.78 Å². The Kier molecular flexibility index (Phi) is 2.82. The van der Waals surface area contributed by atoms with E-state index in [1.165, 1.54) is 0 Å². The van der Waals surface area contributed by atoms with Crippen LogP contribution >= 0.6 is 0 Å². The normalized spacial score (nSPS) is 13.5. The van der Waals surface area contributed by atoms with Crippen molar-refractivity contribution in [3.63, 3.8) is 0 Å². The minimum atomic E-state index is 0.131. The Morgan fingerprint density at radius 3 is 1.70 bits per heavy atom. The summed E-state index contributed by atoms with van der Waals surface area (Å²) in [5.41, 5.74) is 1.27. The average molecular weight is 140 g/mol. The lowest BCUT2D eigenvalue weighted by atomic mass is 9.87. The molecule has 58 valence electrons. The van der Waals surface area contributed by atoms with Crippen molar-refractivity contribution < 1.29 is 4.79 Å².